The Kier molecular flexibility index (Phi) is 3.97. The molecule has 0 spiro atoms. The lowest BCUT2D eigenvalue weighted by Crippen LogP contribution is -2.31. The summed E-state index contributed by atoms with van der Waals surface area (Å²) in [6.07, 6.45) is 0. The van der Waals surface area contributed by atoms with Crippen LogP contribution >= 0.6 is 0 Å². The van der Waals surface area contributed by atoms with E-state index in [-0.39, 0.29) is 24.2 Å². The van der Waals surface area contributed by atoms with Gasteiger partial charge < -0.3 is 9.88 Å². The molecule has 1 heterocycles. The number of hydrogen-bond acceptors (Lipinski definition) is 3. The summed E-state index contributed by atoms with van der Waals surface area (Å²) in [5.41, 5.74) is 1.21. The summed E-state index contributed by atoms with van der Waals surface area (Å²) in [6, 6.07) is 4.27. The van der Waals surface area contributed by atoms with Crippen LogP contribution in [0.15, 0.2) is 18.2 Å². The van der Waals surface area contributed by atoms with Gasteiger partial charge in [0.25, 0.3) is 0 Å². The Morgan fingerprint density at radius 1 is 1.40 bits per heavy atom. The number of amides is 2. The summed E-state index contributed by atoms with van der Waals surface area (Å²) in [5, 5.41) is 5.00. The number of fused-ring (bicyclic) bond motifs is 1. The Morgan fingerprint density at radius 2 is 2.15 bits per heavy atom. The highest BCUT2D eigenvalue weighted by Crippen LogP contribution is 2.20. The Morgan fingerprint density at radius 3 is 2.80 bits per heavy atom. The van der Waals surface area contributed by atoms with Gasteiger partial charge in [-0.05, 0) is 19.1 Å². The molecular formula is C13H15FN4O2. The first-order chi connectivity index (χ1) is 9.51. The van der Waals surface area contributed by atoms with E-state index in [0.29, 0.717) is 18.0 Å². The highest BCUT2D eigenvalue weighted by Gasteiger charge is 2.12. The molecule has 2 aromatic rings. The number of anilines is 1. The zero-order chi connectivity index (χ0) is 14.7. The first-order valence-corrected chi connectivity index (χ1v) is 6.21. The van der Waals surface area contributed by atoms with Crippen LogP contribution in [0.5, 0.6) is 0 Å². The Bertz CT molecular complexity index is 666. The smallest absolute Gasteiger partial charge is 0.246 e. The predicted octanol–water partition coefficient (Wildman–Crippen LogP) is 1.27. The minimum atomic E-state index is -0.384. The highest BCUT2D eigenvalue weighted by molar-refractivity contribution is 5.94. The second kappa shape index (κ2) is 5.68. The van der Waals surface area contributed by atoms with Gasteiger partial charge in [0.2, 0.25) is 17.8 Å². The van der Waals surface area contributed by atoms with Crippen molar-refractivity contribution < 1.29 is 14.0 Å². The number of imidazole rings is 1. The number of halogens is 1. The van der Waals surface area contributed by atoms with Crippen molar-refractivity contribution in [2.45, 2.75) is 20.4 Å². The third-order valence-corrected chi connectivity index (χ3v) is 2.78. The minimum Gasteiger partial charge on any atom is -0.347 e. The second-order valence-corrected chi connectivity index (χ2v) is 4.27. The van der Waals surface area contributed by atoms with Crippen LogP contribution in [0, 0.1) is 5.82 Å². The molecule has 2 amide bonds. The van der Waals surface area contributed by atoms with Crippen molar-refractivity contribution >= 4 is 28.8 Å². The molecule has 0 saturated heterocycles. The van der Waals surface area contributed by atoms with Gasteiger partial charge in [-0.3, -0.25) is 14.9 Å². The van der Waals surface area contributed by atoms with E-state index in [1.807, 2.05) is 6.92 Å². The third kappa shape index (κ3) is 2.93. The summed E-state index contributed by atoms with van der Waals surface area (Å²) >= 11 is 0. The van der Waals surface area contributed by atoms with Gasteiger partial charge in [0.05, 0.1) is 17.6 Å². The molecule has 0 saturated carbocycles. The van der Waals surface area contributed by atoms with Crippen LogP contribution in [0.4, 0.5) is 10.3 Å². The third-order valence-electron chi connectivity index (χ3n) is 2.78. The van der Waals surface area contributed by atoms with Crippen LogP contribution < -0.4 is 10.6 Å². The van der Waals surface area contributed by atoms with Crippen molar-refractivity contribution in [1.29, 1.82) is 0 Å². The maximum absolute atomic E-state index is 13.2. The summed E-state index contributed by atoms with van der Waals surface area (Å²) in [4.78, 5) is 26.6. The molecule has 0 aliphatic carbocycles. The minimum absolute atomic E-state index is 0.128. The molecule has 0 radical (unpaired) electrons. The molecule has 0 aliphatic heterocycles. The van der Waals surface area contributed by atoms with Crippen LogP contribution in [0.3, 0.4) is 0 Å². The molecule has 1 aromatic heterocycles. The van der Waals surface area contributed by atoms with E-state index in [1.165, 1.54) is 19.1 Å². The quantitative estimate of drug-likeness (QED) is 0.884. The summed E-state index contributed by atoms with van der Waals surface area (Å²) in [7, 11) is 0. The van der Waals surface area contributed by atoms with Gasteiger partial charge in [-0.15, -0.1) is 0 Å². The molecule has 0 fully saturated rings. The molecule has 6 nitrogen and oxygen atoms in total. The lowest BCUT2D eigenvalue weighted by atomic mass is 10.3. The van der Waals surface area contributed by atoms with Gasteiger partial charge in [0.1, 0.15) is 5.82 Å². The number of carbonyl (C=O) groups excluding carboxylic acids is 2. The Balaban J connectivity index is 2.25. The van der Waals surface area contributed by atoms with Crippen molar-refractivity contribution in [3.63, 3.8) is 0 Å². The lowest BCUT2D eigenvalue weighted by molar-refractivity contribution is -0.122. The van der Waals surface area contributed by atoms with Crippen molar-refractivity contribution in [3.8, 4) is 0 Å². The van der Waals surface area contributed by atoms with E-state index in [9.17, 15) is 14.0 Å². The van der Waals surface area contributed by atoms with Crippen LogP contribution in [0.2, 0.25) is 0 Å². The lowest BCUT2D eigenvalue weighted by Gasteiger charge is -2.07. The van der Waals surface area contributed by atoms with Gasteiger partial charge in [-0.1, -0.05) is 0 Å². The molecule has 1 aromatic carbocycles. The number of aromatic nitrogens is 2. The van der Waals surface area contributed by atoms with E-state index in [4.69, 9.17) is 0 Å². The molecule has 0 aliphatic rings. The fourth-order valence-electron chi connectivity index (χ4n) is 1.89. The molecule has 106 valence electrons. The summed E-state index contributed by atoms with van der Waals surface area (Å²) in [6.45, 7) is 3.68. The van der Waals surface area contributed by atoms with E-state index in [0.717, 1.165) is 5.52 Å². The molecule has 0 unspecified atom stereocenters. The zero-order valence-corrected chi connectivity index (χ0v) is 11.2. The van der Waals surface area contributed by atoms with Crippen molar-refractivity contribution in [2.24, 2.45) is 0 Å². The van der Waals surface area contributed by atoms with Crippen LogP contribution in [-0.4, -0.2) is 27.9 Å². The molecular weight excluding hydrogens is 263 g/mol. The average molecular weight is 278 g/mol. The summed E-state index contributed by atoms with van der Waals surface area (Å²) < 4.78 is 14.9. The zero-order valence-electron chi connectivity index (χ0n) is 11.2. The molecule has 2 rings (SSSR count). The van der Waals surface area contributed by atoms with Crippen LogP contribution in [0.25, 0.3) is 11.0 Å². The molecule has 7 heteroatoms. The van der Waals surface area contributed by atoms with Crippen LogP contribution in [0.1, 0.15) is 13.8 Å². The SMILES string of the molecule is CCn1c(NC(=O)CNC(C)=O)nc2cc(F)ccc21. The van der Waals surface area contributed by atoms with Crippen LogP contribution in [-0.2, 0) is 16.1 Å². The topological polar surface area (TPSA) is 76.0 Å². The largest absolute Gasteiger partial charge is 0.347 e. The fourth-order valence-corrected chi connectivity index (χ4v) is 1.89. The maximum atomic E-state index is 13.2. The van der Waals surface area contributed by atoms with Gasteiger partial charge in [-0.2, -0.15) is 0 Å². The van der Waals surface area contributed by atoms with E-state index < -0.39 is 0 Å². The average Bonchev–Trinajstić information content (AvgIpc) is 2.72. The maximum Gasteiger partial charge on any atom is 0.246 e. The normalized spacial score (nSPS) is 10.6. The van der Waals surface area contributed by atoms with E-state index >= 15 is 0 Å². The molecule has 20 heavy (non-hydrogen) atoms. The number of nitrogens with zero attached hydrogens (tertiary/aromatic N) is 2. The highest BCUT2D eigenvalue weighted by atomic mass is 19.1. The predicted molar refractivity (Wildman–Crippen MR) is 72.7 cm³/mol. The van der Waals surface area contributed by atoms with Crippen molar-refractivity contribution in [2.75, 3.05) is 11.9 Å². The molecule has 0 atom stereocenters. The number of benzene rings is 1. The van der Waals surface area contributed by atoms with Gasteiger partial charge in [0.15, 0.2) is 0 Å². The first-order valence-electron chi connectivity index (χ1n) is 6.21. The Hall–Kier alpha value is -2.44. The molecule has 2 N–H and O–H groups in total. The van der Waals surface area contributed by atoms with E-state index in [1.54, 1.807) is 10.6 Å². The van der Waals surface area contributed by atoms with Gasteiger partial charge >= 0.3 is 0 Å². The van der Waals surface area contributed by atoms with E-state index in [2.05, 4.69) is 15.6 Å². The summed E-state index contributed by atoms with van der Waals surface area (Å²) in [5.74, 6) is -0.713. The first kappa shape index (κ1) is 14.0. The van der Waals surface area contributed by atoms with Gasteiger partial charge in [0, 0.05) is 19.5 Å². The van der Waals surface area contributed by atoms with Crippen molar-refractivity contribution in [3.05, 3.63) is 24.0 Å². The number of nitrogens with one attached hydrogen (secondary N) is 2. The Labute approximate surface area is 115 Å². The standard InChI is InChI=1S/C13H15FN4O2/c1-3-18-11-5-4-9(14)6-10(11)16-13(18)17-12(20)7-15-8(2)19/h4-6H,3,7H2,1-2H3,(H,15,19)(H,16,17,20). The number of hydrogen-bond donors (Lipinski definition) is 2. The number of aryl methyl sites for hydroxylation is 1. The fraction of sp³-hybridized carbons (Fsp3) is 0.308. The number of rotatable bonds is 4. The second-order valence-electron chi connectivity index (χ2n) is 4.27. The monoisotopic (exact) mass is 278 g/mol. The molecule has 0 bridgehead atoms. The number of carbonyl (C=O) groups is 2. The van der Waals surface area contributed by atoms with Crippen molar-refractivity contribution in [1.82, 2.24) is 14.9 Å². The van der Waals surface area contributed by atoms with Gasteiger partial charge in [-0.25, -0.2) is 9.37 Å².